The van der Waals surface area contributed by atoms with E-state index in [1.54, 1.807) is 0 Å². The number of aromatic nitrogens is 2. The lowest BCUT2D eigenvalue weighted by Crippen LogP contribution is -2.19. The Hall–Kier alpha value is -1.34. The van der Waals surface area contributed by atoms with Crippen LogP contribution in [0.15, 0.2) is 12.4 Å². The van der Waals surface area contributed by atoms with Gasteiger partial charge >= 0.3 is 0 Å². The molecule has 1 atom stereocenters. The van der Waals surface area contributed by atoms with Gasteiger partial charge in [0.15, 0.2) is 0 Å². The topological polar surface area (TPSA) is 53.6 Å². The fraction of sp³-hybridized carbons (Fsp3) is 0.600. The van der Waals surface area contributed by atoms with Crippen molar-refractivity contribution in [1.29, 1.82) is 5.26 Å². The molecule has 0 amide bonds. The number of rotatable bonds is 5. The van der Waals surface area contributed by atoms with Gasteiger partial charge in [-0.3, -0.25) is 4.68 Å². The molecule has 1 rings (SSSR count). The number of hydrogen-bond donors (Lipinski definition) is 1. The van der Waals surface area contributed by atoms with E-state index in [9.17, 15) is 0 Å². The highest BCUT2D eigenvalue weighted by Gasteiger charge is 2.05. The standard InChI is InChI=1S/C10H16N4/c1-3-14-8-10(7-13-14)9(2)12-6-4-5-11/h7-9,12H,3-4,6H2,1-2H3. The van der Waals surface area contributed by atoms with Gasteiger partial charge in [0.05, 0.1) is 12.3 Å². The summed E-state index contributed by atoms with van der Waals surface area (Å²) in [5.74, 6) is 0. The molecule has 0 aromatic carbocycles. The fourth-order valence-electron chi connectivity index (χ4n) is 1.24. The van der Waals surface area contributed by atoms with E-state index in [0.29, 0.717) is 6.42 Å². The van der Waals surface area contributed by atoms with Crippen LogP contribution in [0.2, 0.25) is 0 Å². The van der Waals surface area contributed by atoms with Crippen LogP contribution in [0.25, 0.3) is 0 Å². The third kappa shape index (κ3) is 2.86. The second kappa shape index (κ2) is 5.40. The number of nitrogens with one attached hydrogen (secondary N) is 1. The highest BCUT2D eigenvalue weighted by molar-refractivity contribution is 5.09. The summed E-state index contributed by atoms with van der Waals surface area (Å²) in [6, 6.07) is 2.37. The molecule has 0 saturated heterocycles. The molecule has 4 heteroatoms. The van der Waals surface area contributed by atoms with E-state index in [4.69, 9.17) is 5.26 Å². The van der Waals surface area contributed by atoms with Crippen LogP contribution in [0, 0.1) is 11.3 Å². The van der Waals surface area contributed by atoms with Crippen molar-refractivity contribution in [3.8, 4) is 6.07 Å². The van der Waals surface area contributed by atoms with Gasteiger partial charge in [-0.25, -0.2) is 0 Å². The first-order valence-corrected chi connectivity index (χ1v) is 4.90. The molecule has 0 aliphatic carbocycles. The predicted molar refractivity (Wildman–Crippen MR) is 54.5 cm³/mol. The lowest BCUT2D eigenvalue weighted by atomic mass is 10.2. The van der Waals surface area contributed by atoms with Crippen LogP contribution in [0.1, 0.15) is 31.9 Å². The number of nitrogens with zero attached hydrogens (tertiary/aromatic N) is 3. The first kappa shape index (κ1) is 10.7. The molecule has 0 spiro atoms. The Labute approximate surface area is 84.5 Å². The van der Waals surface area contributed by atoms with Crippen molar-refractivity contribution in [1.82, 2.24) is 15.1 Å². The van der Waals surface area contributed by atoms with Crippen molar-refractivity contribution in [2.24, 2.45) is 0 Å². The quantitative estimate of drug-likeness (QED) is 0.719. The van der Waals surface area contributed by atoms with Crippen LogP contribution in [-0.2, 0) is 6.54 Å². The molecule has 1 unspecified atom stereocenters. The highest BCUT2D eigenvalue weighted by Crippen LogP contribution is 2.10. The zero-order valence-corrected chi connectivity index (χ0v) is 8.70. The van der Waals surface area contributed by atoms with Gasteiger partial charge in [-0.15, -0.1) is 0 Å². The molecule has 14 heavy (non-hydrogen) atoms. The average molecular weight is 192 g/mol. The first-order valence-electron chi connectivity index (χ1n) is 4.90. The molecule has 1 heterocycles. The summed E-state index contributed by atoms with van der Waals surface area (Å²) >= 11 is 0. The molecule has 0 bridgehead atoms. The minimum absolute atomic E-state index is 0.267. The van der Waals surface area contributed by atoms with Crippen molar-refractivity contribution < 1.29 is 0 Å². The summed E-state index contributed by atoms with van der Waals surface area (Å²) < 4.78 is 1.90. The summed E-state index contributed by atoms with van der Waals surface area (Å²) in [7, 11) is 0. The van der Waals surface area contributed by atoms with Crippen molar-refractivity contribution in [2.75, 3.05) is 6.54 Å². The second-order valence-electron chi connectivity index (χ2n) is 3.21. The molecule has 0 aliphatic heterocycles. The number of nitriles is 1. The summed E-state index contributed by atoms with van der Waals surface area (Å²) in [5, 5.41) is 15.8. The van der Waals surface area contributed by atoms with Gasteiger partial charge in [0.1, 0.15) is 0 Å². The lowest BCUT2D eigenvalue weighted by molar-refractivity contribution is 0.581. The van der Waals surface area contributed by atoms with E-state index in [1.807, 2.05) is 17.1 Å². The molecule has 1 N–H and O–H groups in total. The number of aryl methyl sites for hydroxylation is 1. The van der Waals surface area contributed by atoms with E-state index in [2.05, 4.69) is 30.3 Å². The average Bonchev–Trinajstić information content (AvgIpc) is 2.66. The van der Waals surface area contributed by atoms with Crippen LogP contribution in [0.5, 0.6) is 0 Å². The van der Waals surface area contributed by atoms with E-state index >= 15 is 0 Å². The van der Waals surface area contributed by atoms with E-state index < -0.39 is 0 Å². The maximum atomic E-state index is 8.39. The smallest absolute Gasteiger partial charge is 0.0635 e. The minimum Gasteiger partial charge on any atom is -0.309 e. The monoisotopic (exact) mass is 192 g/mol. The Morgan fingerprint density at radius 1 is 1.71 bits per heavy atom. The molecule has 0 aliphatic rings. The Morgan fingerprint density at radius 3 is 3.07 bits per heavy atom. The zero-order valence-electron chi connectivity index (χ0n) is 8.70. The Morgan fingerprint density at radius 2 is 2.50 bits per heavy atom. The maximum Gasteiger partial charge on any atom is 0.0635 e. The van der Waals surface area contributed by atoms with Crippen molar-refractivity contribution in [3.63, 3.8) is 0 Å². The predicted octanol–water partition coefficient (Wildman–Crippen LogP) is 1.47. The Balaban J connectivity index is 2.44. The van der Waals surface area contributed by atoms with Crippen molar-refractivity contribution in [2.45, 2.75) is 32.9 Å². The maximum absolute atomic E-state index is 8.39. The van der Waals surface area contributed by atoms with Crippen LogP contribution < -0.4 is 5.32 Å². The van der Waals surface area contributed by atoms with Crippen LogP contribution in [-0.4, -0.2) is 16.3 Å². The van der Waals surface area contributed by atoms with Crippen molar-refractivity contribution >= 4 is 0 Å². The van der Waals surface area contributed by atoms with Gasteiger partial charge in [0.2, 0.25) is 0 Å². The summed E-state index contributed by atoms with van der Waals surface area (Å²) in [6.07, 6.45) is 4.45. The molecule has 4 nitrogen and oxygen atoms in total. The molecule has 76 valence electrons. The van der Waals surface area contributed by atoms with Crippen LogP contribution in [0.4, 0.5) is 0 Å². The normalized spacial score (nSPS) is 12.4. The van der Waals surface area contributed by atoms with Gasteiger partial charge in [-0.05, 0) is 13.8 Å². The molecule has 0 saturated carbocycles. The fourth-order valence-corrected chi connectivity index (χ4v) is 1.24. The number of hydrogen-bond acceptors (Lipinski definition) is 3. The lowest BCUT2D eigenvalue weighted by Gasteiger charge is -2.09. The second-order valence-corrected chi connectivity index (χ2v) is 3.21. The minimum atomic E-state index is 0.267. The largest absolute Gasteiger partial charge is 0.309 e. The van der Waals surface area contributed by atoms with Gasteiger partial charge < -0.3 is 5.32 Å². The molecule has 0 fully saturated rings. The van der Waals surface area contributed by atoms with Crippen LogP contribution >= 0.6 is 0 Å². The third-order valence-corrected chi connectivity index (χ3v) is 2.16. The van der Waals surface area contributed by atoms with Crippen molar-refractivity contribution in [3.05, 3.63) is 18.0 Å². The molecular weight excluding hydrogens is 176 g/mol. The molecule has 1 aromatic heterocycles. The molecule has 1 aromatic rings. The first-order chi connectivity index (χ1) is 6.77. The van der Waals surface area contributed by atoms with E-state index in [-0.39, 0.29) is 6.04 Å². The Bertz CT molecular complexity index is 310. The third-order valence-electron chi connectivity index (χ3n) is 2.16. The zero-order chi connectivity index (χ0) is 10.4. The van der Waals surface area contributed by atoms with Gasteiger partial charge in [-0.1, -0.05) is 0 Å². The van der Waals surface area contributed by atoms with E-state index in [0.717, 1.165) is 13.1 Å². The Kier molecular flexibility index (Phi) is 4.14. The summed E-state index contributed by atoms with van der Waals surface area (Å²) in [4.78, 5) is 0. The van der Waals surface area contributed by atoms with E-state index in [1.165, 1.54) is 5.56 Å². The summed E-state index contributed by atoms with van der Waals surface area (Å²) in [6.45, 7) is 5.76. The molecule has 0 radical (unpaired) electrons. The van der Waals surface area contributed by atoms with Crippen LogP contribution in [0.3, 0.4) is 0 Å². The SMILES string of the molecule is CCn1cc(C(C)NCCC#N)cn1. The van der Waals surface area contributed by atoms with Gasteiger partial charge in [0, 0.05) is 37.3 Å². The molecular formula is C10H16N4. The van der Waals surface area contributed by atoms with Gasteiger partial charge in [0.25, 0.3) is 0 Å². The highest BCUT2D eigenvalue weighted by atomic mass is 15.3. The summed E-state index contributed by atoms with van der Waals surface area (Å²) in [5.41, 5.74) is 1.17. The van der Waals surface area contributed by atoms with Gasteiger partial charge in [-0.2, -0.15) is 10.4 Å².